The molecule has 0 N–H and O–H groups in total. The molecule has 0 saturated heterocycles. The van der Waals surface area contributed by atoms with Crippen LogP contribution in [0.25, 0.3) is 0 Å². The number of hydrogen-bond acceptors (Lipinski definition) is 2. The number of unbranched alkanes of at least 4 members (excludes halogenated alkanes) is 1. The van der Waals surface area contributed by atoms with Crippen molar-refractivity contribution in [2.24, 2.45) is 7.05 Å². The molecule has 1 aromatic heterocycles. The van der Waals surface area contributed by atoms with Crippen molar-refractivity contribution in [2.75, 3.05) is 13.2 Å². The SMILES string of the molecule is C=CCN(Cc1cccn1C)C(=O)c1ccc(OCCCC)cc1. The Morgan fingerprint density at radius 3 is 2.62 bits per heavy atom. The van der Waals surface area contributed by atoms with E-state index >= 15 is 0 Å². The summed E-state index contributed by atoms with van der Waals surface area (Å²) in [7, 11) is 1.98. The number of aromatic nitrogens is 1. The quantitative estimate of drug-likeness (QED) is 0.515. The normalized spacial score (nSPS) is 10.4. The molecule has 0 fully saturated rings. The molecule has 0 atom stereocenters. The number of ether oxygens (including phenoxy) is 1. The second-order valence-electron chi connectivity index (χ2n) is 5.81. The molecular weight excluding hydrogens is 300 g/mol. The standard InChI is InChI=1S/C20H26N2O2/c1-4-6-15-24-19-11-9-17(10-12-19)20(23)22(13-5-2)16-18-8-7-14-21(18)3/h5,7-12,14H,2,4,6,13,15-16H2,1,3H3. The van der Waals surface area contributed by atoms with Gasteiger partial charge in [-0.25, -0.2) is 0 Å². The van der Waals surface area contributed by atoms with E-state index in [0.29, 0.717) is 25.3 Å². The van der Waals surface area contributed by atoms with Crippen LogP contribution in [0, 0.1) is 0 Å². The molecule has 0 saturated carbocycles. The van der Waals surface area contributed by atoms with Crippen LogP contribution in [-0.4, -0.2) is 28.5 Å². The number of benzene rings is 1. The topological polar surface area (TPSA) is 34.5 Å². The zero-order valence-corrected chi connectivity index (χ0v) is 14.6. The summed E-state index contributed by atoms with van der Waals surface area (Å²) in [5.41, 5.74) is 1.75. The maximum atomic E-state index is 12.8. The summed E-state index contributed by atoms with van der Waals surface area (Å²) in [6, 6.07) is 11.4. The van der Waals surface area contributed by atoms with Crippen LogP contribution in [-0.2, 0) is 13.6 Å². The summed E-state index contributed by atoms with van der Waals surface area (Å²) < 4.78 is 7.67. The van der Waals surface area contributed by atoms with Gasteiger partial charge in [-0.05, 0) is 42.8 Å². The van der Waals surface area contributed by atoms with Crippen molar-refractivity contribution in [3.05, 3.63) is 66.5 Å². The summed E-state index contributed by atoms with van der Waals surface area (Å²) in [5, 5.41) is 0. The van der Waals surface area contributed by atoms with E-state index in [1.54, 1.807) is 11.0 Å². The van der Waals surface area contributed by atoms with Crippen molar-refractivity contribution in [3.63, 3.8) is 0 Å². The zero-order valence-electron chi connectivity index (χ0n) is 14.6. The second-order valence-corrected chi connectivity index (χ2v) is 5.81. The maximum absolute atomic E-state index is 12.8. The van der Waals surface area contributed by atoms with Gasteiger partial charge in [-0.2, -0.15) is 0 Å². The zero-order chi connectivity index (χ0) is 17.4. The Bertz CT molecular complexity index is 659. The van der Waals surface area contributed by atoms with Crippen molar-refractivity contribution in [1.29, 1.82) is 0 Å². The van der Waals surface area contributed by atoms with Gasteiger partial charge >= 0.3 is 0 Å². The van der Waals surface area contributed by atoms with Crippen LogP contribution in [0.3, 0.4) is 0 Å². The van der Waals surface area contributed by atoms with Crippen molar-refractivity contribution < 1.29 is 9.53 Å². The van der Waals surface area contributed by atoms with Gasteiger partial charge < -0.3 is 14.2 Å². The molecular formula is C20H26N2O2. The van der Waals surface area contributed by atoms with Crippen LogP contribution in [0.2, 0.25) is 0 Å². The fraction of sp³-hybridized carbons (Fsp3) is 0.350. The third-order valence-electron chi connectivity index (χ3n) is 3.91. The lowest BCUT2D eigenvalue weighted by atomic mass is 10.2. The first-order valence-electron chi connectivity index (χ1n) is 8.39. The van der Waals surface area contributed by atoms with Gasteiger partial charge in [0.25, 0.3) is 5.91 Å². The van der Waals surface area contributed by atoms with Gasteiger partial charge in [-0.15, -0.1) is 6.58 Å². The number of carbonyl (C=O) groups excluding carboxylic acids is 1. The average Bonchev–Trinajstić information content (AvgIpc) is 3.00. The van der Waals surface area contributed by atoms with Crippen molar-refractivity contribution in [3.8, 4) is 5.75 Å². The Kier molecular flexibility index (Phi) is 6.67. The van der Waals surface area contributed by atoms with Crippen LogP contribution in [0.15, 0.2) is 55.3 Å². The molecule has 24 heavy (non-hydrogen) atoms. The first-order valence-corrected chi connectivity index (χ1v) is 8.39. The van der Waals surface area contributed by atoms with Gasteiger partial charge in [0.05, 0.1) is 13.2 Å². The van der Waals surface area contributed by atoms with Crippen molar-refractivity contribution in [1.82, 2.24) is 9.47 Å². The van der Waals surface area contributed by atoms with Crippen molar-refractivity contribution >= 4 is 5.91 Å². The molecule has 1 aromatic carbocycles. The van der Waals surface area contributed by atoms with E-state index in [4.69, 9.17) is 4.74 Å². The Morgan fingerprint density at radius 1 is 1.29 bits per heavy atom. The summed E-state index contributed by atoms with van der Waals surface area (Å²) in [6.07, 6.45) is 5.87. The minimum atomic E-state index is -0.00351. The van der Waals surface area contributed by atoms with Crippen LogP contribution < -0.4 is 4.74 Å². The van der Waals surface area contributed by atoms with Gasteiger partial charge in [-0.3, -0.25) is 4.79 Å². The van der Waals surface area contributed by atoms with E-state index < -0.39 is 0 Å². The number of carbonyl (C=O) groups is 1. The van der Waals surface area contributed by atoms with E-state index in [-0.39, 0.29) is 5.91 Å². The maximum Gasteiger partial charge on any atom is 0.254 e. The minimum Gasteiger partial charge on any atom is -0.494 e. The Labute approximate surface area is 144 Å². The predicted molar refractivity (Wildman–Crippen MR) is 97.2 cm³/mol. The fourth-order valence-electron chi connectivity index (χ4n) is 2.44. The predicted octanol–water partition coefficient (Wildman–Crippen LogP) is 4.03. The Balaban J connectivity index is 2.05. The second kappa shape index (κ2) is 8.96. The van der Waals surface area contributed by atoms with E-state index in [0.717, 1.165) is 24.3 Å². The van der Waals surface area contributed by atoms with Gasteiger partial charge in [0.15, 0.2) is 0 Å². The van der Waals surface area contributed by atoms with E-state index in [1.165, 1.54) is 0 Å². The molecule has 0 spiro atoms. The van der Waals surface area contributed by atoms with E-state index in [9.17, 15) is 4.79 Å². The molecule has 0 bridgehead atoms. The largest absolute Gasteiger partial charge is 0.494 e. The summed E-state index contributed by atoms with van der Waals surface area (Å²) in [5.74, 6) is 0.800. The molecule has 0 unspecified atom stereocenters. The van der Waals surface area contributed by atoms with Crippen LogP contribution in [0.4, 0.5) is 0 Å². The summed E-state index contributed by atoms with van der Waals surface area (Å²) in [6.45, 7) is 7.67. The smallest absolute Gasteiger partial charge is 0.254 e. The summed E-state index contributed by atoms with van der Waals surface area (Å²) >= 11 is 0. The first kappa shape index (κ1) is 17.9. The lowest BCUT2D eigenvalue weighted by Gasteiger charge is -2.21. The third kappa shape index (κ3) is 4.75. The average molecular weight is 326 g/mol. The van der Waals surface area contributed by atoms with Crippen LogP contribution >= 0.6 is 0 Å². The lowest BCUT2D eigenvalue weighted by Crippen LogP contribution is -2.31. The highest BCUT2D eigenvalue weighted by Gasteiger charge is 2.16. The molecule has 1 amide bonds. The highest BCUT2D eigenvalue weighted by molar-refractivity contribution is 5.94. The molecule has 0 aliphatic heterocycles. The fourth-order valence-corrected chi connectivity index (χ4v) is 2.44. The number of rotatable bonds is 9. The Hall–Kier alpha value is -2.49. The van der Waals surface area contributed by atoms with Gasteiger partial charge in [0.2, 0.25) is 0 Å². The van der Waals surface area contributed by atoms with E-state index in [2.05, 4.69) is 13.5 Å². The van der Waals surface area contributed by atoms with E-state index in [1.807, 2.05) is 54.2 Å². The first-order chi connectivity index (χ1) is 11.7. The number of nitrogens with zero attached hydrogens (tertiary/aromatic N) is 2. The van der Waals surface area contributed by atoms with Crippen LogP contribution in [0.5, 0.6) is 5.75 Å². The lowest BCUT2D eigenvalue weighted by molar-refractivity contribution is 0.0759. The van der Waals surface area contributed by atoms with Gasteiger partial charge in [0.1, 0.15) is 5.75 Å². The monoisotopic (exact) mass is 326 g/mol. The molecule has 0 radical (unpaired) electrons. The molecule has 1 heterocycles. The molecule has 128 valence electrons. The molecule has 2 rings (SSSR count). The molecule has 0 aliphatic rings. The van der Waals surface area contributed by atoms with Crippen LogP contribution in [0.1, 0.15) is 35.8 Å². The summed E-state index contributed by atoms with van der Waals surface area (Å²) in [4.78, 5) is 14.6. The third-order valence-corrected chi connectivity index (χ3v) is 3.91. The molecule has 4 heteroatoms. The number of amides is 1. The highest BCUT2D eigenvalue weighted by atomic mass is 16.5. The minimum absolute atomic E-state index is 0.00351. The van der Waals surface area contributed by atoms with Gasteiger partial charge in [-0.1, -0.05) is 19.4 Å². The molecule has 2 aromatic rings. The molecule has 0 aliphatic carbocycles. The van der Waals surface area contributed by atoms with Gasteiger partial charge in [0, 0.05) is 31.0 Å². The number of aryl methyl sites for hydroxylation is 1. The van der Waals surface area contributed by atoms with Crippen molar-refractivity contribution in [2.45, 2.75) is 26.3 Å². The Morgan fingerprint density at radius 2 is 2.04 bits per heavy atom. The molecule has 4 nitrogen and oxygen atoms in total. The highest BCUT2D eigenvalue weighted by Crippen LogP contribution is 2.16. The number of hydrogen-bond donors (Lipinski definition) is 0.